The van der Waals surface area contributed by atoms with Gasteiger partial charge >= 0.3 is 6.09 Å². The Morgan fingerprint density at radius 1 is 1.05 bits per heavy atom. The second kappa shape index (κ2) is 10.3. The average molecular weight is 546 g/mol. The van der Waals surface area contributed by atoms with E-state index in [1.165, 1.54) is 7.05 Å². The number of nitrogens with zero attached hydrogens (tertiary/aromatic N) is 6. The van der Waals surface area contributed by atoms with Gasteiger partial charge in [0.25, 0.3) is 0 Å². The lowest BCUT2D eigenvalue weighted by atomic mass is 9.96. The van der Waals surface area contributed by atoms with Crippen molar-refractivity contribution in [2.45, 2.75) is 31.8 Å². The van der Waals surface area contributed by atoms with Crippen LogP contribution in [0.25, 0.3) is 16.8 Å². The molecule has 1 aliphatic carbocycles. The zero-order chi connectivity index (χ0) is 27.0. The SMILES string of the molecule is CNC(=O)OCCOCCn1cc(-c2ccc3c(c2)C(c2ccc(Cl)cc2)=NC2(CC2)c2nnc(C)n2-3)cn1. The van der Waals surface area contributed by atoms with E-state index in [-0.39, 0.29) is 12.1 Å². The molecule has 11 heteroatoms. The van der Waals surface area contributed by atoms with Crippen LogP contribution in [-0.2, 0) is 21.6 Å². The van der Waals surface area contributed by atoms with Gasteiger partial charge in [-0.05, 0) is 49.6 Å². The summed E-state index contributed by atoms with van der Waals surface area (Å²) >= 11 is 6.21. The van der Waals surface area contributed by atoms with Crippen molar-refractivity contribution < 1.29 is 14.3 Å². The van der Waals surface area contributed by atoms with Gasteiger partial charge in [0.05, 0.1) is 37.4 Å². The molecule has 0 atom stereocenters. The fourth-order valence-corrected chi connectivity index (χ4v) is 4.94. The minimum Gasteiger partial charge on any atom is -0.447 e. The molecule has 0 unspecified atom stereocenters. The molecule has 0 saturated heterocycles. The second-order valence-corrected chi connectivity index (χ2v) is 10.1. The van der Waals surface area contributed by atoms with Crippen molar-refractivity contribution in [1.29, 1.82) is 0 Å². The number of aliphatic imine (C=N–C) groups is 1. The van der Waals surface area contributed by atoms with E-state index < -0.39 is 6.09 Å². The number of alkyl carbamates (subject to hydrolysis) is 1. The molecule has 200 valence electrons. The maximum atomic E-state index is 11.1. The molecule has 39 heavy (non-hydrogen) atoms. The van der Waals surface area contributed by atoms with Crippen LogP contribution >= 0.6 is 11.6 Å². The first kappa shape index (κ1) is 25.3. The Kier molecular flexibility index (Phi) is 6.66. The number of carbonyl (C=O) groups is 1. The van der Waals surface area contributed by atoms with Crippen molar-refractivity contribution in [1.82, 2.24) is 29.9 Å². The molecule has 4 aromatic rings. The second-order valence-electron chi connectivity index (χ2n) is 9.63. The van der Waals surface area contributed by atoms with Crippen LogP contribution < -0.4 is 5.32 Å². The molecule has 1 fully saturated rings. The number of amides is 1. The molecule has 1 N–H and O–H groups in total. The highest BCUT2D eigenvalue weighted by atomic mass is 35.5. The Morgan fingerprint density at radius 3 is 2.62 bits per heavy atom. The number of hydrogen-bond acceptors (Lipinski definition) is 7. The predicted molar refractivity (Wildman–Crippen MR) is 147 cm³/mol. The summed E-state index contributed by atoms with van der Waals surface area (Å²) < 4.78 is 14.5. The van der Waals surface area contributed by atoms with E-state index in [1.54, 1.807) is 0 Å². The topological polar surface area (TPSA) is 108 Å². The summed E-state index contributed by atoms with van der Waals surface area (Å²) in [5.41, 5.74) is 5.61. The van der Waals surface area contributed by atoms with Gasteiger partial charge in [0.15, 0.2) is 5.82 Å². The number of hydrogen-bond donors (Lipinski definition) is 1. The lowest BCUT2D eigenvalue weighted by Crippen LogP contribution is -2.21. The predicted octanol–water partition coefficient (Wildman–Crippen LogP) is 4.31. The number of halogens is 1. The molecule has 10 nitrogen and oxygen atoms in total. The van der Waals surface area contributed by atoms with Gasteiger partial charge in [0.1, 0.15) is 18.0 Å². The third-order valence-corrected chi connectivity index (χ3v) is 7.25. The first-order valence-corrected chi connectivity index (χ1v) is 13.2. The fourth-order valence-electron chi connectivity index (χ4n) is 4.82. The molecule has 1 amide bonds. The maximum Gasteiger partial charge on any atom is 0.406 e. The van der Waals surface area contributed by atoms with Crippen molar-refractivity contribution in [2.24, 2.45) is 4.99 Å². The Labute approximate surface area is 230 Å². The summed E-state index contributed by atoms with van der Waals surface area (Å²) in [7, 11) is 1.52. The van der Waals surface area contributed by atoms with Gasteiger partial charge in [-0.25, -0.2) is 4.79 Å². The van der Waals surface area contributed by atoms with Gasteiger partial charge in [0, 0.05) is 35.0 Å². The van der Waals surface area contributed by atoms with Crippen LogP contribution in [-0.4, -0.2) is 63.2 Å². The largest absolute Gasteiger partial charge is 0.447 e. The summed E-state index contributed by atoms with van der Waals surface area (Å²) in [6, 6.07) is 14.2. The molecule has 2 aromatic carbocycles. The van der Waals surface area contributed by atoms with Gasteiger partial charge in [-0.15, -0.1) is 10.2 Å². The minimum absolute atomic E-state index is 0.200. The van der Waals surface area contributed by atoms with Crippen LogP contribution in [0, 0.1) is 6.92 Å². The highest BCUT2D eigenvalue weighted by Crippen LogP contribution is 2.51. The van der Waals surface area contributed by atoms with E-state index in [1.807, 2.05) is 48.3 Å². The molecular formula is C28H28ClN7O3. The number of fused-ring (bicyclic) bond motifs is 4. The van der Waals surface area contributed by atoms with Crippen molar-refractivity contribution in [3.63, 3.8) is 0 Å². The molecular weight excluding hydrogens is 518 g/mol. The van der Waals surface area contributed by atoms with Gasteiger partial charge in [-0.2, -0.15) is 5.10 Å². The molecule has 0 radical (unpaired) electrons. The highest BCUT2D eigenvalue weighted by Gasteiger charge is 2.51. The van der Waals surface area contributed by atoms with E-state index in [2.05, 4.69) is 43.4 Å². The summed E-state index contributed by atoms with van der Waals surface area (Å²) in [6.45, 7) is 3.53. The van der Waals surface area contributed by atoms with Crippen LogP contribution in [0.1, 0.15) is 35.6 Å². The smallest absolute Gasteiger partial charge is 0.406 e. The Balaban J connectivity index is 1.29. The van der Waals surface area contributed by atoms with E-state index in [0.717, 1.165) is 58.1 Å². The number of nitrogens with one attached hydrogen (secondary N) is 1. The monoisotopic (exact) mass is 545 g/mol. The minimum atomic E-state index is -0.469. The van der Waals surface area contributed by atoms with Gasteiger partial charge in [0.2, 0.25) is 0 Å². The van der Waals surface area contributed by atoms with Crippen molar-refractivity contribution >= 4 is 23.4 Å². The molecule has 0 bridgehead atoms. The van der Waals surface area contributed by atoms with Gasteiger partial charge < -0.3 is 14.8 Å². The highest BCUT2D eigenvalue weighted by molar-refractivity contribution is 6.30. The van der Waals surface area contributed by atoms with Gasteiger partial charge in [-0.3, -0.25) is 14.2 Å². The summed E-state index contributed by atoms with van der Waals surface area (Å²) in [5, 5.41) is 16.6. The summed E-state index contributed by atoms with van der Waals surface area (Å²) in [4.78, 5) is 16.4. The summed E-state index contributed by atoms with van der Waals surface area (Å²) in [5.74, 6) is 1.73. The molecule has 2 aliphatic rings. The number of aryl methyl sites for hydroxylation is 1. The summed E-state index contributed by atoms with van der Waals surface area (Å²) in [6.07, 6.45) is 5.26. The van der Waals surface area contributed by atoms with E-state index in [9.17, 15) is 4.79 Å². The van der Waals surface area contributed by atoms with E-state index >= 15 is 0 Å². The number of rotatable bonds is 8. The molecule has 1 spiro atoms. The third kappa shape index (κ3) is 4.93. The molecule has 1 saturated carbocycles. The third-order valence-electron chi connectivity index (χ3n) is 7.00. The fraction of sp³-hybridized carbons (Fsp3) is 0.321. The zero-order valence-electron chi connectivity index (χ0n) is 21.7. The van der Waals surface area contributed by atoms with Gasteiger partial charge in [-0.1, -0.05) is 29.8 Å². The van der Waals surface area contributed by atoms with Crippen LogP contribution in [0.4, 0.5) is 4.79 Å². The standard InChI is InChI=1S/C28H28ClN7O3/c1-18-33-34-26-28(9-10-28)32-25(19-3-6-22(29)7-4-19)23-15-20(5-8-24(23)36(18)26)21-16-31-35(17-21)11-12-38-13-14-39-27(37)30-2/h3-8,15-17H,9-14H2,1-2H3,(H,30,37). The number of benzene rings is 2. The molecule has 2 aromatic heterocycles. The Morgan fingerprint density at radius 2 is 1.85 bits per heavy atom. The quantitative estimate of drug-likeness (QED) is 0.331. The average Bonchev–Trinajstić information content (AvgIpc) is 3.42. The number of ether oxygens (including phenoxy) is 2. The zero-order valence-corrected chi connectivity index (χ0v) is 22.5. The van der Waals surface area contributed by atoms with Crippen LogP contribution in [0.3, 0.4) is 0 Å². The molecule has 3 heterocycles. The van der Waals surface area contributed by atoms with Crippen molar-refractivity contribution in [2.75, 3.05) is 26.9 Å². The van der Waals surface area contributed by atoms with Crippen LogP contribution in [0.5, 0.6) is 0 Å². The maximum absolute atomic E-state index is 11.1. The Hall–Kier alpha value is -4.02. The van der Waals surface area contributed by atoms with Crippen LogP contribution in [0.15, 0.2) is 59.9 Å². The van der Waals surface area contributed by atoms with Crippen LogP contribution in [0.2, 0.25) is 5.02 Å². The lowest BCUT2D eigenvalue weighted by Gasteiger charge is -2.14. The van der Waals surface area contributed by atoms with E-state index in [4.69, 9.17) is 26.1 Å². The molecule has 1 aliphatic heterocycles. The normalized spacial score (nSPS) is 14.8. The van der Waals surface area contributed by atoms with E-state index in [0.29, 0.717) is 24.8 Å². The van der Waals surface area contributed by atoms with Crippen molar-refractivity contribution in [3.05, 3.63) is 82.7 Å². The lowest BCUT2D eigenvalue weighted by molar-refractivity contribution is 0.0688. The molecule has 6 rings (SSSR count). The number of aromatic nitrogens is 5. The number of carbonyl (C=O) groups excluding carboxylic acids is 1. The van der Waals surface area contributed by atoms with Crippen molar-refractivity contribution in [3.8, 4) is 16.8 Å². The Bertz CT molecular complexity index is 1550. The first-order chi connectivity index (χ1) is 19.0. The first-order valence-electron chi connectivity index (χ1n) is 12.9.